The second-order valence-corrected chi connectivity index (χ2v) is 7.82. The predicted molar refractivity (Wildman–Crippen MR) is 122 cm³/mol. The minimum absolute atomic E-state index is 0.0471. The molecular formula is C24H25NO5S. The molecule has 1 aromatic heterocycles. The predicted octanol–water partition coefficient (Wildman–Crippen LogP) is 5.35. The van der Waals surface area contributed by atoms with E-state index in [9.17, 15) is 9.59 Å². The van der Waals surface area contributed by atoms with Gasteiger partial charge in [-0.3, -0.25) is 4.79 Å². The Morgan fingerprint density at radius 3 is 2.23 bits per heavy atom. The summed E-state index contributed by atoms with van der Waals surface area (Å²) in [7, 11) is 2.97. The van der Waals surface area contributed by atoms with Crippen LogP contribution in [0.1, 0.15) is 50.9 Å². The molecule has 0 fully saturated rings. The van der Waals surface area contributed by atoms with Crippen molar-refractivity contribution in [2.24, 2.45) is 0 Å². The molecule has 0 aliphatic carbocycles. The zero-order valence-corrected chi connectivity index (χ0v) is 18.7. The summed E-state index contributed by atoms with van der Waals surface area (Å²) in [5.41, 5.74) is 1.70. The number of methoxy groups -OCH3 is 2. The van der Waals surface area contributed by atoms with Gasteiger partial charge in [0, 0.05) is 10.8 Å². The van der Waals surface area contributed by atoms with Crippen molar-refractivity contribution in [3.8, 4) is 11.5 Å². The van der Waals surface area contributed by atoms with E-state index in [4.69, 9.17) is 14.2 Å². The first-order valence-electron chi connectivity index (χ1n) is 9.88. The number of rotatable bonds is 8. The van der Waals surface area contributed by atoms with Crippen LogP contribution in [0.15, 0.2) is 54.6 Å². The number of thiophene rings is 1. The largest absolute Gasteiger partial charge is 0.496 e. The lowest BCUT2D eigenvalue weighted by molar-refractivity contribution is 0.0528. The normalized spacial score (nSPS) is 11.5. The zero-order chi connectivity index (χ0) is 22.4. The van der Waals surface area contributed by atoms with Crippen LogP contribution < -0.4 is 14.8 Å². The Labute approximate surface area is 185 Å². The molecule has 31 heavy (non-hydrogen) atoms. The van der Waals surface area contributed by atoms with E-state index in [1.165, 1.54) is 25.6 Å². The maximum absolute atomic E-state index is 13.1. The Kier molecular flexibility index (Phi) is 7.31. The first kappa shape index (κ1) is 22.4. The van der Waals surface area contributed by atoms with E-state index in [2.05, 4.69) is 12.2 Å². The van der Waals surface area contributed by atoms with E-state index in [1.54, 1.807) is 31.2 Å². The lowest BCUT2D eigenvalue weighted by Crippen LogP contribution is -2.16. The van der Waals surface area contributed by atoms with Crippen LogP contribution in [0.5, 0.6) is 11.5 Å². The molecular weight excluding hydrogens is 414 g/mol. The van der Waals surface area contributed by atoms with Crippen LogP contribution in [-0.4, -0.2) is 32.7 Å². The van der Waals surface area contributed by atoms with Crippen molar-refractivity contribution < 1.29 is 23.8 Å². The highest BCUT2D eigenvalue weighted by molar-refractivity contribution is 7.16. The molecule has 1 heterocycles. The van der Waals surface area contributed by atoms with Crippen molar-refractivity contribution in [1.82, 2.24) is 0 Å². The van der Waals surface area contributed by atoms with Gasteiger partial charge in [-0.1, -0.05) is 43.3 Å². The first-order valence-corrected chi connectivity index (χ1v) is 10.7. The van der Waals surface area contributed by atoms with Crippen LogP contribution in [0.3, 0.4) is 0 Å². The molecule has 0 spiro atoms. The third-order valence-electron chi connectivity index (χ3n) is 4.85. The van der Waals surface area contributed by atoms with E-state index >= 15 is 0 Å². The SMILES string of the molecule is CCOC(=O)c1cc([C@@H](C)c2ccccc2)sc1NC(=O)c1c(OC)cccc1OC. The van der Waals surface area contributed by atoms with Crippen LogP contribution in [0, 0.1) is 0 Å². The van der Waals surface area contributed by atoms with E-state index in [-0.39, 0.29) is 18.1 Å². The standard InChI is InChI=1S/C24H25NO5S/c1-5-30-24(27)17-14-20(15(2)16-10-7-6-8-11-16)31-23(17)25-22(26)21-18(28-3)12-9-13-19(21)29-4/h6-15H,5H2,1-4H3,(H,25,26)/t15-/m0/s1. The van der Waals surface area contributed by atoms with E-state index in [0.717, 1.165) is 10.4 Å². The van der Waals surface area contributed by atoms with Crippen LogP contribution in [0.25, 0.3) is 0 Å². The molecule has 3 aromatic rings. The van der Waals surface area contributed by atoms with Gasteiger partial charge in [0.1, 0.15) is 22.1 Å². The summed E-state index contributed by atoms with van der Waals surface area (Å²) in [6, 6.07) is 16.9. The molecule has 2 aromatic carbocycles. The highest BCUT2D eigenvalue weighted by Gasteiger charge is 2.25. The number of anilines is 1. The van der Waals surface area contributed by atoms with Crippen molar-refractivity contribution in [2.45, 2.75) is 19.8 Å². The molecule has 1 atom stereocenters. The topological polar surface area (TPSA) is 73.9 Å². The third kappa shape index (κ3) is 4.88. The van der Waals surface area contributed by atoms with Crippen LogP contribution >= 0.6 is 11.3 Å². The molecule has 0 radical (unpaired) electrons. The molecule has 0 saturated carbocycles. The molecule has 162 valence electrons. The summed E-state index contributed by atoms with van der Waals surface area (Å²) in [6.45, 7) is 4.05. The van der Waals surface area contributed by atoms with Gasteiger partial charge in [0.25, 0.3) is 5.91 Å². The van der Waals surface area contributed by atoms with Gasteiger partial charge < -0.3 is 19.5 Å². The van der Waals surface area contributed by atoms with Crippen molar-refractivity contribution in [3.05, 3.63) is 76.2 Å². The lowest BCUT2D eigenvalue weighted by Gasteiger charge is -2.13. The van der Waals surface area contributed by atoms with Gasteiger partial charge >= 0.3 is 5.97 Å². The van der Waals surface area contributed by atoms with Crippen molar-refractivity contribution in [3.63, 3.8) is 0 Å². The molecule has 0 unspecified atom stereocenters. The fraction of sp³-hybridized carbons (Fsp3) is 0.250. The van der Waals surface area contributed by atoms with Crippen molar-refractivity contribution >= 4 is 28.2 Å². The average Bonchev–Trinajstić information content (AvgIpc) is 3.22. The van der Waals surface area contributed by atoms with Gasteiger partial charge in [0.2, 0.25) is 0 Å². The Balaban J connectivity index is 1.99. The van der Waals surface area contributed by atoms with E-state index in [0.29, 0.717) is 22.1 Å². The molecule has 3 rings (SSSR count). The Morgan fingerprint density at radius 2 is 1.65 bits per heavy atom. The minimum atomic E-state index is -0.479. The Hall–Kier alpha value is -3.32. The monoisotopic (exact) mass is 439 g/mol. The number of carbonyl (C=O) groups excluding carboxylic acids is 2. The summed E-state index contributed by atoms with van der Waals surface area (Å²) in [4.78, 5) is 26.7. The molecule has 0 aliphatic heterocycles. The zero-order valence-electron chi connectivity index (χ0n) is 17.9. The smallest absolute Gasteiger partial charge is 0.341 e. The summed E-state index contributed by atoms with van der Waals surface area (Å²) in [6.07, 6.45) is 0. The maximum Gasteiger partial charge on any atom is 0.341 e. The Morgan fingerprint density at radius 1 is 1.00 bits per heavy atom. The highest BCUT2D eigenvalue weighted by Crippen LogP contribution is 2.38. The fourth-order valence-electron chi connectivity index (χ4n) is 3.22. The number of hydrogen-bond donors (Lipinski definition) is 1. The van der Waals surface area contributed by atoms with Gasteiger partial charge in [-0.25, -0.2) is 4.79 Å². The summed E-state index contributed by atoms with van der Waals surface area (Å²) < 4.78 is 15.9. The fourth-order valence-corrected chi connectivity index (χ4v) is 4.34. The molecule has 1 amide bonds. The molecule has 0 saturated heterocycles. The molecule has 7 heteroatoms. The molecule has 1 N–H and O–H groups in total. The maximum atomic E-state index is 13.1. The van der Waals surface area contributed by atoms with Crippen molar-refractivity contribution in [1.29, 1.82) is 0 Å². The van der Waals surface area contributed by atoms with E-state index < -0.39 is 11.9 Å². The minimum Gasteiger partial charge on any atom is -0.496 e. The number of carbonyl (C=O) groups is 2. The number of nitrogens with one attached hydrogen (secondary N) is 1. The Bertz CT molecular complexity index is 1040. The first-order chi connectivity index (χ1) is 15.0. The third-order valence-corrected chi connectivity index (χ3v) is 6.09. The summed E-state index contributed by atoms with van der Waals surface area (Å²) in [5, 5.41) is 3.29. The average molecular weight is 440 g/mol. The second-order valence-electron chi connectivity index (χ2n) is 6.74. The molecule has 0 aliphatic rings. The lowest BCUT2D eigenvalue weighted by atomic mass is 9.99. The van der Waals surface area contributed by atoms with Gasteiger partial charge in [-0.2, -0.15) is 0 Å². The summed E-state index contributed by atoms with van der Waals surface area (Å²) in [5.74, 6) is -0.105. The summed E-state index contributed by atoms with van der Waals surface area (Å²) >= 11 is 1.35. The number of ether oxygens (including phenoxy) is 3. The molecule has 0 bridgehead atoms. The molecule has 6 nitrogen and oxygen atoms in total. The quantitative estimate of drug-likeness (QED) is 0.479. The van der Waals surface area contributed by atoms with Crippen LogP contribution in [0.4, 0.5) is 5.00 Å². The van der Waals surface area contributed by atoms with Gasteiger partial charge in [-0.05, 0) is 30.7 Å². The van der Waals surface area contributed by atoms with Gasteiger partial charge in [0.05, 0.1) is 26.4 Å². The van der Waals surface area contributed by atoms with Gasteiger partial charge in [0.15, 0.2) is 0 Å². The second kappa shape index (κ2) is 10.1. The van der Waals surface area contributed by atoms with Crippen LogP contribution in [-0.2, 0) is 4.74 Å². The van der Waals surface area contributed by atoms with Crippen molar-refractivity contribution in [2.75, 3.05) is 26.1 Å². The number of hydrogen-bond acceptors (Lipinski definition) is 6. The van der Waals surface area contributed by atoms with Crippen LogP contribution in [0.2, 0.25) is 0 Å². The van der Waals surface area contributed by atoms with Gasteiger partial charge in [-0.15, -0.1) is 11.3 Å². The highest BCUT2D eigenvalue weighted by atomic mass is 32.1. The number of benzene rings is 2. The van der Waals surface area contributed by atoms with E-state index in [1.807, 2.05) is 30.3 Å². The number of esters is 1. The number of amides is 1.